The van der Waals surface area contributed by atoms with E-state index in [0.717, 1.165) is 17.3 Å². The van der Waals surface area contributed by atoms with Gasteiger partial charge in [-0.1, -0.05) is 12.8 Å². The molecular weight excluding hydrogens is 291 g/mol. The fraction of sp³-hybridized carbons (Fsp3) is 1.00. The first-order valence-electron chi connectivity index (χ1n) is 8.05. The van der Waals surface area contributed by atoms with E-state index in [2.05, 4.69) is 23.9 Å². The molecule has 2 bridgehead atoms. The molecule has 0 aromatic rings. The van der Waals surface area contributed by atoms with Gasteiger partial charge in [-0.15, -0.1) is 24.8 Å². The molecule has 3 aliphatic carbocycles. The summed E-state index contributed by atoms with van der Waals surface area (Å²) in [6.45, 7) is 5.28. The summed E-state index contributed by atoms with van der Waals surface area (Å²) in [7, 11) is 4.39. The van der Waals surface area contributed by atoms with Crippen LogP contribution in [0.25, 0.3) is 0 Å². The first-order chi connectivity index (χ1) is 8.68. The van der Waals surface area contributed by atoms with Crippen molar-refractivity contribution in [2.45, 2.75) is 44.9 Å². The summed E-state index contributed by atoms with van der Waals surface area (Å²) in [5, 5.41) is 0. The number of nitrogens with zero attached hydrogens (tertiary/aromatic N) is 2. The van der Waals surface area contributed by atoms with Gasteiger partial charge in [-0.25, -0.2) is 0 Å². The molecule has 0 radical (unpaired) electrons. The third-order valence-electron chi connectivity index (χ3n) is 5.96. The maximum absolute atomic E-state index is 2.77. The third kappa shape index (κ3) is 3.82. The minimum atomic E-state index is 0. The normalized spacial score (nSPS) is 36.8. The zero-order valence-corrected chi connectivity index (χ0v) is 14.8. The number of piperidine rings is 1. The Morgan fingerprint density at radius 2 is 1.80 bits per heavy atom. The maximum atomic E-state index is 2.77. The molecule has 4 fully saturated rings. The fourth-order valence-corrected chi connectivity index (χ4v) is 5.01. The van der Waals surface area contributed by atoms with Gasteiger partial charge >= 0.3 is 0 Å². The van der Waals surface area contributed by atoms with Crippen molar-refractivity contribution in [2.75, 3.05) is 40.3 Å². The zero-order chi connectivity index (χ0) is 12.6. The molecule has 4 heteroatoms. The van der Waals surface area contributed by atoms with E-state index in [1.165, 1.54) is 39.0 Å². The van der Waals surface area contributed by atoms with E-state index in [9.17, 15) is 0 Å². The number of likely N-dealkylation sites (N-methyl/N-ethyl adjacent to an activating group) is 1. The van der Waals surface area contributed by atoms with Gasteiger partial charge in [0.25, 0.3) is 0 Å². The molecule has 2 nitrogen and oxygen atoms in total. The van der Waals surface area contributed by atoms with Crippen LogP contribution in [-0.2, 0) is 0 Å². The molecule has 3 saturated carbocycles. The van der Waals surface area contributed by atoms with Gasteiger partial charge in [-0.3, -0.25) is 0 Å². The molecule has 0 aromatic heterocycles. The van der Waals surface area contributed by atoms with Crippen molar-refractivity contribution in [3.05, 3.63) is 0 Å². The molecule has 1 heterocycles. The van der Waals surface area contributed by atoms with Crippen LogP contribution in [0.2, 0.25) is 0 Å². The summed E-state index contributed by atoms with van der Waals surface area (Å²) in [6, 6.07) is 0. The van der Waals surface area contributed by atoms with Gasteiger partial charge in [0, 0.05) is 19.6 Å². The van der Waals surface area contributed by atoms with E-state index in [1.807, 2.05) is 0 Å². The van der Waals surface area contributed by atoms with Crippen LogP contribution in [0.3, 0.4) is 0 Å². The van der Waals surface area contributed by atoms with Crippen LogP contribution in [0.1, 0.15) is 44.9 Å². The molecule has 1 aliphatic heterocycles. The minimum absolute atomic E-state index is 0. The highest BCUT2D eigenvalue weighted by atomic mass is 35.5. The first kappa shape index (κ1) is 18.5. The van der Waals surface area contributed by atoms with Crippen molar-refractivity contribution < 1.29 is 0 Å². The van der Waals surface area contributed by atoms with Crippen molar-refractivity contribution in [3.63, 3.8) is 0 Å². The lowest BCUT2D eigenvalue weighted by Gasteiger charge is -2.56. The average Bonchev–Trinajstić information content (AvgIpc) is 2.38. The van der Waals surface area contributed by atoms with E-state index < -0.39 is 0 Å². The Hall–Kier alpha value is 0.500. The Labute approximate surface area is 137 Å². The topological polar surface area (TPSA) is 6.48 Å². The maximum Gasteiger partial charge on any atom is 0.0109 e. The van der Waals surface area contributed by atoms with Crippen LogP contribution >= 0.6 is 24.8 Å². The molecular formula is C16H32Cl2N2. The standard InChI is InChI=1S/C16H30N2.2ClH/c1-17(2)10-11-18-9-3-8-16(13-18)12-14-4-6-15(16)7-5-14;;/h14-15H,3-13H2,1-2H3;2*1H. The van der Waals surface area contributed by atoms with E-state index >= 15 is 0 Å². The van der Waals surface area contributed by atoms with Crippen LogP contribution < -0.4 is 0 Å². The number of fused-ring (bicyclic) bond motifs is 2. The Morgan fingerprint density at radius 3 is 2.35 bits per heavy atom. The number of hydrogen-bond donors (Lipinski definition) is 0. The molecule has 0 aromatic carbocycles. The molecule has 4 aliphatic rings. The molecule has 0 amide bonds. The summed E-state index contributed by atoms with van der Waals surface area (Å²) in [5.74, 6) is 2.16. The highest BCUT2D eigenvalue weighted by Crippen LogP contribution is 2.56. The molecule has 1 spiro atoms. The lowest BCUT2D eigenvalue weighted by atomic mass is 9.53. The molecule has 4 rings (SSSR count). The summed E-state index contributed by atoms with van der Waals surface area (Å²) in [4.78, 5) is 5.10. The van der Waals surface area contributed by atoms with Crippen molar-refractivity contribution in [1.82, 2.24) is 9.80 Å². The van der Waals surface area contributed by atoms with Gasteiger partial charge in [0.15, 0.2) is 0 Å². The number of hydrogen-bond acceptors (Lipinski definition) is 2. The van der Waals surface area contributed by atoms with Crippen molar-refractivity contribution >= 4 is 24.8 Å². The highest BCUT2D eigenvalue weighted by Gasteiger charge is 2.48. The van der Waals surface area contributed by atoms with Gasteiger partial charge in [0.05, 0.1) is 0 Å². The Bertz CT molecular complexity index is 290. The Balaban J connectivity index is 0.000001000. The number of rotatable bonds is 3. The van der Waals surface area contributed by atoms with Crippen LogP contribution in [0.15, 0.2) is 0 Å². The second-order valence-electron chi connectivity index (χ2n) is 7.47. The van der Waals surface area contributed by atoms with Crippen LogP contribution in [0.5, 0.6) is 0 Å². The average molecular weight is 323 g/mol. The summed E-state index contributed by atoms with van der Waals surface area (Å²) < 4.78 is 0. The second-order valence-corrected chi connectivity index (χ2v) is 7.47. The lowest BCUT2D eigenvalue weighted by molar-refractivity contribution is -0.0545. The second kappa shape index (κ2) is 7.67. The van der Waals surface area contributed by atoms with E-state index in [1.54, 1.807) is 32.1 Å². The van der Waals surface area contributed by atoms with E-state index in [0.29, 0.717) is 0 Å². The summed E-state index contributed by atoms with van der Waals surface area (Å²) in [5.41, 5.74) is 0.742. The van der Waals surface area contributed by atoms with Gasteiger partial charge in [-0.05, 0) is 70.0 Å². The fourth-order valence-electron chi connectivity index (χ4n) is 5.01. The number of likely N-dealkylation sites (tertiary alicyclic amines) is 1. The van der Waals surface area contributed by atoms with E-state index in [4.69, 9.17) is 0 Å². The van der Waals surface area contributed by atoms with Gasteiger partial charge in [-0.2, -0.15) is 0 Å². The van der Waals surface area contributed by atoms with Crippen LogP contribution in [-0.4, -0.2) is 50.1 Å². The van der Waals surface area contributed by atoms with Gasteiger partial charge < -0.3 is 9.80 Å². The van der Waals surface area contributed by atoms with Crippen molar-refractivity contribution in [3.8, 4) is 0 Å². The van der Waals surface area contributed by atoms with Gasteiger partial charge in [0.1, 0.15) is 0 Å². The Kier molecular flexibility index (Phi) is 7.11. The quantitative estimate of drug-likeness (QED) is 0.782. The molecule has 1 atom stereocenters. The van der Waals surface area contributed by atoms with Crippen molar-refractivity contribution in [2.24, 2.45) is 17.3 Å². The summed E-state index contributed by atoms with van der Waals surface area (Å²) in [6.07, 6.45) is 10.7. The zero-order valence-electron chi connectivity index (χ0n) is 13.1. The first-order valence-corrected chi connectivity index (χ1v) is 8.05. The van der Waals surface area contributed by atoms with Crippen LogP contribution in [0, 0.1) is 17.3 Å². The Morgan fingerprint density at radius 1 is 1.10 bits per heavy atom. The van der Waals surface area contributed by atoms with Gasteiger partial charge in [0.2, 0.25) is 0 Å². The predicted molar refractivity (Wildman–Crippen MR) is 91.2 cm³/mol. The molecule has 1 unspecified atom stereocenters. The number of halogens is 2. The molecule has 1 saturated heterocycles. The smallest absolute Gasteiger partial charge is 0.0109 e. The molecule has 20 heavy (non-hydrogen) atoms. The largest absolute Gasteiger partial charge is 0.308 e. The lowest BCUT2D eigenvalue weighted by Crippen LogP contribution is -2.53. The molecule has 120 valence electrons. The predicted octanol–water partition coefficient (Wildman–Crippen LogP) is 3.68. The SMILES string of the molecule is CN(C)CCN1CCCC2(CC3CCC2CC3)C1.Cl.Cl. The highest BCUT2D eigenvalue weighted by molar-refractivity contribution is 5.85. The monoisotopic (exact) mass is 322 g/mol. The minimum Gasteiger partial charge on any atom is -0.308 e. The van der Waals surface area contributed by atoms with Crippen molar-refractivity contribution in [1.29, 1.82) is 0 Å². The van der Waals surface area contributed by atoms with E-state index in [-0.39, 0.29) is 24.8 Å². The van der Waals surface area contributed by atoms with Crippen LogP contribution in [0.4, 0.5) is 0 Å². The summed E-state index contributed by atoms with van der Waals surface area (Å²) >= 11 is 0. The third-order valence-corrected chi connectivity index (χ3v) is 5.96. The molecule has 0 N–H and O–H groups in total.